The van der Waals surface area contributed by atoms with Gasteiger partial charge in [0, 0.05) is 63.7 Å². The van der Waals surface area contributed by atoms with Crippen LogP contribution in [0.3, 0.4) is 0 Å². The van der Waals surface area contributed by atoms with E-state index in [9.17, 15) is 9.59 Å². The smallest absolute Gasteiger partial charge is 0.222 e. The molecular formula is C20H32N4O3. The first-order valence-electron chi connectivity index (χ1n) is 9.99. The molecule has 27 heavy (non-hydrogen) atoms. The standard InChI is InChI=1S/C20H32N4O3/c1-15-16(2)21-22-17(15)5-6-18(25)23-10-4-8-20(13-23)9-7-19(26)24(14-20)11-12-27-3/h4-14H2,1-3H3,(H,21,22)/t20-/m1/s1. The van der Waals surface area contributed by atoms with E-state index in [4.69, 9.17) is 4.74 Å². The number of rotatable bonds is 6. The highest BCUT2D eigenvalue weighted by Gasteiger charge is 2.42. The van der Waals surface area contributed by atoms with Crippen molar-refractivity contribution in [2.24, 2.45) is 5.41 Å². The van der Waals surface area contributed by atoms with E-state index in [-0.39, 0.29) is 17.2 Å². The largest absolute Gasteiger partial charge is 0.383 e. The van der Waals surface area contributed by atoms with Gasteiger partial charge in [0.1, 0.15) is 0 Å². The molecule has 0 radical (unpaired) electrons. The van der Waals surface area contributed by atoms with E-state index in [1.165, 1.54) is 0 Å². The number of aromatic amines is 1. The van der Waals surface area contributed by atoms with Crippen LogP contribution in [0.15, 0.2) is 0 Å². The van der Waals surface area contributed by atoms with E-state index >= 15 is 0 Å². The van der Waals surface area contributed by atoms with Gasteiger partial charge in [0.25, 0.3) is 0 Å². The van der Waals surface area contributed by atoms with Crippen LogP contribution in [0.25, 0.3) is 0 Å². The zero-order chi connectivity index (χ0) is 19.4. The van der Waals surface area contributed by atoms with Crippen molar-refractivity contribution in [3.63, 3.8) is 0 Å². The van der Waals surface area contributed by atoms with Gasteiger partial charge in [-0.2, -0.15) is 5.10 Å². The lowest BCUT2D eigenvalue weighted by Gasteiger charge is -2.48. The normalized spacial score (nSPS) is 23.3. The van der Waals surface area contributed by atoms with Crippen molar-refractivity contribution in [3.8, 4) is 0 Å². The van der Waals surface area contributed by atoms with E-state index in [0.29, 0.717) is 32.4 Å². The molecule has 2 aliphatic rings. The van der Waals surface area contributed by atoms with Crippen molar-refractivity contribution in [1.82, 2.24) is 20.0 Å². The van der Waals surface area contributed by atoms with Crippen LogP contribution in [0.2, 0.25) is 0 Å². The SMILES string of the molecule is COCCN1C[C@]2(CCCN(C(=O)CCc3n[nH]c(C)c3C)C2)CCC1=O. The molecule has 1 atom stereocenters. The highest BCUT2D eigenvalue weighted by molar-refractivity contribution is 5.78. The number of methoxy groups -OCH3 is 1. The quantitative estimate of drug-likeness (QED) is 0.822. The van der Waals surface area contributed by atoms with Gasteiger partial charge in [0.2, 0.25) is 11.8 Å². The lowest BCUT2D eigenvalue weighted by Crippen LogP contribution is -2.55. The molecule has 1 spiro atoms. The highest BCUT2D eigenvalue weighted by Crippen LogP contribution is 2.39. The Morgan fingerprint density at radius 2 is 2.11 bits per heavy atom. The molecule has 0 unspecified atom stereocenters. The van der Waals surface area contributed by atoms with Crippen LogP contribution >= 0.6 is 0 Å². The summed E-state index contributed by atoms with van der Waals surface area (Å²) in [7, 11) is 1.66. The van der Waals surface area contributed by atoms with E-state index in [0.717, 1.165) is 55.8 Å². The maximum absolute atomic E-state index is 12.8. The third kappa shape index (κ3) is 4.51. The average molecular weight is 377 g/mol. The second kappa shape index (κ2) is 8.42. The minimum absolute atomic E-state index is 0.0500. The van der Waals surface area contributed by atoms with Crippen molar-refractivity contribution >= 4 is 11.8 Å². The first-order chi connectivity index (χ1) is 12.9. The number of carbonyl (C=O) groups excluding carboxylic acids is 2. The van der Waals surface area contributed by atoms with Crippen molar-refractivity contribution in [2.45, 2.75) is 52.4 Å². The van der Waals surface area contributed by atoms with Crippen LogP contribution in [0.5, 0.6) is 0 Å². The molecule has 2 saturated heterocycles. The van der Waals surface area contributed by atoms with Crippen LogP contribution < -0.4 is 0 Å². The number of hydrogen-bond donors (Lipinski definition) is 1. The number of nitrogens with one attached hydrogen (secondary N) is 1. The number of carbonyl (C=O) groups is 2. The molecule has 3 heterocycles. The van der Waals surface area contributed by atoms with E-state index < -0.39 is 0 Å². The van der Waals surface area contributed by atoms with Crippen LogP contribution in [0, 0.1) is 19.3 Å². The summed E-state index contributed by atoms with van der Waals surface area (Å²) < 4.78 is 5.15. The van der Waals surface area contributed by atoms with E-state index in [2.05, 4.69) is 10.2 Å². The average Bonchev–Trinajstić information content (AvgIpc) is 2.99. The molecule has 3 rings (SSSR count). The molecule has 150 valence electrons. The predicted molar refractivity (Wildman–Crippen MR) is 102 cm³/mol. The third-order valence-electron chi connectivity index (χ3n) is 6.26. The zero-order valence-corrected chi connectivity index (χ0v) is 16.8. The van der Waals surface area contributed by atoms with Crippen molar-refractivity contribution in [3.05, 3.63) is 17.0 Å². The molecule has 0 aromatic carbocycles. The summed E-state index contributed by atoms with van der Waals surface area (Å²) in [6.45, 7) is 7.59. The molecule has 0 bridgehead atoms. The Kier molecular flexibility index (Phi) is 6.19. The van der Waals surface area contributed by atoms with E-state index in [1.807, 2.05) is 23.6 Å². The first kappa shape index (κ1) is 19.9. The molecule has 1 N–H and O–H groups in total. The minimum Gasteiger partial charge on any atom is -0.383 e. The number of hydrogen-bond acceptors (Lipinski definition) is 4. The van der Waals surface area contributed by atoms with Gasteiger partial charge >= 0.3 is 0 Å². The molecule has 2 aliphatic heterocycles. The monoisotopic (exact) mass is 376 g/mol. The second-order valence-electron chi connectivity index (χ2n) is 8.15. The van der Waals surface area contributed by atoms with Gasteiger partial charge in [-0.05, 0) is 38.7 Å². The Bertz CT molecular complexity index is 687. The topological polar surface area (TPSA) is 78.5 Å². The summed E-state index contributed by atoms with van der Waals surface area (Å²) in [6.07, 6.45) is 4.74. The van der Waals surface area contributed by atoms with Gasteiger partial charge in [0.05, 0.1) is 12.3 Å². The molecule has 1 aromatic heterocycles. The number of nitrogens with zero attached hydrogens (tertiary/aromatic N) is 3. The van der Waals surface area contributed by atoms with Crippen LogP contribution in [-0.2, 0) is 20.7 Å². The van der Waals surface area contributed by atoms with Gasteiger partial charge in [0.15, 0.2) is 0 Å². The van der Waals surface area contributed by atoms with Crippen LogP contribution in [0.1, 0.15) is 49.1 Å². The fraction of sp³-hybridized carbons (Fsp3) is 0.750. The lowest BCUT2D eigenvalue weighted by atomic mass is 9.73. The Morgan fingerprint density at radius 1 is 1.30 bits per heavy atom. The molecule has 0 saturated carbocycles. The van der Waals surface area contributed by atoms with Crippen LogP contribution in [-0.4, -0.2) is 71.7 Å². The molecular weight excluding hydrogens is 344 g/mol. The van der Waals surface area contributed by atoms with Gasteiger partial charge < -0.3 is 14.5 Å². The zero-order valence-electron chi connectivity index (χ0n) is 16.8. The molecule has 7 heteroatoms. The Balaban J connectivity index is 1.58. The van der Waals surface area contributed by atoms with Gasteiger partial charge in [-0.15, -0.1) is 0 Å². The summed E-state index contributed by atoms with van der Waals surface area (Å²) in [6, 6.07) is 0. The molecule has 2 amide bonds. The van der Waals surface area contributed by atoms with Crippen molar-refractivity contribution < 1.29 is 14.3 Å². The van der Waals surface area contributed by atoms with Crippen LogP contribution in [0.4, 0.5) is 0 Å². The number of H-pyrrole nitrogens is 1. The fourth-order valence-electron chi connectivity index (χ4n) is 4.42. The van der Waals surface area contributed by atoms with Gasteiger partial charge in [-0.3, -0.25) is 14.7 Å². The molecule has 1 aromatic rings. The number of aromatic nitrogens is 2. The molecule has 2 fully saturated rings. The molecule has 0 aliphatic carbocycles. The maximum atomic E-state index is 12.8. The molecule has 7 nitrogen and oxygen atoms in total. The number of ether oxygens (including phenoxy) is 1. The fourth-order valence-corrected chi connectivity index (χ4v) is 4.42. The Labute approximate surface area is 161 Å². The summed E-state index contributed by atoms with van der Waals surface area (Å²) in [5, 5.41) is 7.30. The van der Waals surface area contributed by atoms with Gasteiger partial charge in [-0.1, -0.05) is 0 Å². The summed E-state index contributed by atoms with van der Waals surface area (Å²) in [5.41, 5.74) is 3.26. The van der Waals surface area contributed by atoms with Gasteiger partial charge in [-0.25, -0.2) is 0 Å². The number of piperidine rings is 2. The Morgan fingerprint density at radius 3 is 2.81 bits per heavy atom. The number of aryl methyl sites for hydroxylation is 2. The number of amides is 2. The Hall–Kier alpha value is -1.89. The predicted octanol–water partition coefficient (Wildman–Crippen LogP) is 1.84. The number of likely N-dealkylation sites (tertiary alicyclic amines) is 2. The first-order valence-corrected chi connectivity index (χ1v) is 9.99. The van der Waals surface area contributed by atoms with Crippen molar-refractivity contribution in [2.75, 3.05) is 39.9 Å². The third-order valence-corrected chi connectivity index (χ3v) is 6.26. The maximum Gasteiger partial charge on any atom is 0.222 e. The highest BCUT2D eigenvalue weighted by atomic mass is 16.5. The summed E-state index contributed by atoms with van der Waals surface area (Å²) >= 11 is 0. The van der Waals surface area contributed by atoms with Crippen molar-refractivity contribution in [1.29, 1.82) is 0 Å². The lowest BCUT2D eigenvalue weighted by molar-refractivity contribution is -0.143. The van der Waals surface area contributed by atoms with E-state index in [1.54, 1.807) is 7.11 Å². The second-order valence-corrected chi connectivity index (χ2v) is 8.15. The summed E-state index contributed by atoms with van der Waals surface area (Å²) in [4.78, 5) is 29.0. The summed E-state index contributed by atoms with van der Waals surface area (Å²) in [5.74, 6) is 0.417. The minimum atomic E-state index is 0.0500.